The third-order valence-corrected chi connectivity index (χ3v) is 5.38. The zero-order valence-corrected chi connectivity index (χ0v) is 18.1. The Bertz CT molecular complexity index is 913. The lowest BCUT2D eigenvalue weighted by atomic mass is 10.0. The van der Waals surface area contributed by atoms with E-state index in [1.165, 1.54) is 4.90 Å². The van der Waals surface area contributed by atoms with Gasteiger partial charge in [-0.25, -0.2) is 0 Å². The van der Waals surface area contributed by atoms with Crippen LogP contribution in [0.15, 0.2) is 54.5 Å². The first-order valence-electron chi connectivity index (χ1n) is 10.1. The predicted molar refractivity (Wildman–Crippen MR) is 117 cm³/mol. The average Bonchev–Trinajstić information content (AvgIpc) is 3.01. The summed E-state index contributed by atoms with van der Waals surface area (Å²) in [5.74, 6) is -0.520. The second-order valence-electron chi connectivity index (χ2n) is 7.02. The van der Waals surface area contributed by atoms with Gasteiger partial charge in [0.2, 0.25) is 0 Å². The van der Waals surface area contributed by atoms with Crippen molar-refractivity contribution in [3.8, 4) is 0 Å². The van der Waals surface area contributed by atoms with E-state index in [-0.39, 0.29) is 11.8 Å². The van der Waals surface area contributed by atoms with Crippen molar-refractivity contribution in [1.82, 2.24) is 14.8 Å². The van der Waals surface area contributed by atoms with Crippen molar-refractivity contribution < 1.29 is 14.3 Å². The van der Waals surface area contributed by atoms with E-state index >= 15 is 0 Å². The molecule has 0 radical (unpaired) electrons. The highest BCUT2D eigenvalue weighted by molar-refractivity contribution is 6.36. The number of ether oxygens (including phenoxy) is 1. The Labute approximate surface area is 182 Å². The molecule has 0 spiro atoms. The Morgan fingerprint density at radius 3 is 2.40 bits per heavy atom. The number of halogens is 1. The number of amides is 2. The van der Waals surface area contributed by atoms with Gasteiger partial charge in [-0.15, -0.1) is 0 Å². The summed E-state index contributed by atoms with van der Waals surface area (Å²) in [6.07, 6.45) is 4.86. The number of methoxy groups -OCH3 is 1. The van der Waals surface area contributed by atoms with Crippen LogP contribution in [0.1, 0.15) is 24.5 Å². The summed E-state index contributed by atoms with van der Waals surface area (Å²) in [5, 5.41) is 0.583. The van der Waals surface area contributed by atoms with Crippen molar-refractivity contribution in [1.29, 1.82) is 0 Å². The molecule has 2 amide bonds. The van der Waals surface area contributed by atoms with Gasteiger partial charge in [-0.3, -0.25) is 19.5 Å². The van der Waals surface area contributed by atoms with Crippen LogP contribution < -0.4 is 0 Å². The molecule has 1 aliphatic rings. The Hall–Kier alpha value is -2.70. The molecule has 2 aromatic rings. The highest BCUT2D eigenvalue weighted by atomic mass is 35.5. The molecule has 1 aromatic heterocycles. The maximum atomic E-state index is 13.3. The fourth-order valence-electron chi connectivity index (χ4n) is 3.55. The minimum atomic E-state index is -0.268. The van der Waals surface area contributed by atoms with Crippen LogP contribution in [0.4, 0.5) is 0 Å². The number of pyridine rings is 1. The Kier molecular flexibility index (Phi) is 7.60. The fraction of sp³-hybridized carbons (Fsp3) is 0.348. The van der Waals surface area contributed by atoms with Gasteiger partial charge in [-0.1, -0.05) is 23.7 Å². The summed E-state index contributed by atoms with van der Waals surface area (Å²) in [7, 11) is 1.61. The molecule has 7 heteroatoms. The second kappa shape index (κ2) is 10.4. The number of aromatic nitrogens is 1. The van der Waals surface area contributed by atoms with Crippen molar-refractivity contribution in [3.05, 3.63) is 70.6 Å². The summed E-state index contributed by atoms with van der Waals surface area (Å²) in [6, 6.07) is 11.0. The SMILES string of the molecule is CCN(CCc1ccncc1)C1=C(c2ccc(Cl)cc2)C(=O)N(CCCOC)C1=O. The van der Waals surface area contributed by atoms with Crippen molar-refractivity contribution in [2.45, 2.75) is 19.8 Å². The molecule has 0 aliphatic carbocycles. The molecule has 3 rings (SSSR count). The topological polar surface area (TPSA) is 62.7 Å². The van der Waals surface area contributed by atoms with Crippen molar-refractivity contribution in [2.24, 2.45) is 0 Å². The summed E-state index contributed by atoms with van der Waals surface area (Å²) in [5.41, 5.74) is 2.72. The lowest BCUT2D eigenvalue weighted by Crippen LogP contribution is -2.36. The summed E-state index contributed by atoms with van der Waals surface area (Å²) in [6.45, 7) is 4.04. The van der Waals surface area contributed by atoms with E-state index in [9.17, 15) is 9.59 Å². The van der Waals surface area contributed by atoms with Crippen LogP contribution in [0.5, 0.6) is 0 Å². The number of carbonyl (C=O) groups excluding carboxylic acids is 2. The van der Waals surface area contributed by atoms with E-state index in [1.807, 2.05) is 24.0 Å². The molecule has 0 bridgehead atoms. The normalized spacial score (nSPS) is 14.0. The Morgan fingerprint density at radius 2 is 1.77 bits per heavy atom. The average molecular weight is 428 g/mol. The van der Waals surface area contributed by atoms with Gasteiger partial charge in [-0.05, 0) is 55.2 Å². The van der Waals surface area contributed by atoms with Crippen LogP contribution in [-0.4, -0.2) is 59.9 Å². The second-order valence-corrected chi connectivity index (χ2v) is 7.46. The monoisotopic (exact) mass is 427 g/mol. The number of likely N-dealkylation sites (N-methyl/N-ethyl adjacent to an activating group) is 1. The molecular weight excluding hydrogens is 402 g/mol. The predicted octanol–water partition coefficient (Wildman–Crippen LogP) is 3.42. The Morgan fingerprint density at radius 1 is 1.07 bits per heavy atom. The maximum absolute atomic E-state index is 13.3. The first-order chi connectivity index (χ1) is 14.6. The third kappa shape index (κ3) is 4.89. The first-order valence-corrected chi connectivity index (χ1v) is 10.4. The third-order valence-electron chi connectivity index (χ3n) is 5.12. The molecule has 30 heavy (non-hydrogen) atoms. The highest BCUT2D eigenvalue weighted by Crippen LogP contribution is 2.32. The number of benzene rings is 1. The van der Waals surface area contributed by atoms with Crippen LogP contribution in [0, 0.1) is 0 Å². The smallest absolute Gasteiger partial charge is 0.277 e. The number of carbonyl (C=O) groups is 2. The molecule has 0 N–H and O–H groups in total. The molecule has 6 nitrogen and oxygen atoms in total. The van der Waals surface area contributed by atoms with E-state index in [1.54, 1.807) is 43.8 Å². The maximum Gasteiger partial charge on any atom is 0.277 e. The van der Waals surface area contributed by atoms with Gasteiger partial charge in [0.05, 0.1) is 5.57 Å². The van der Waals surface area contributed by atoms with Crippen LogP contribution in [0.2, 0.25) is 5.02 Å². The molecule has 0 atom stereocenters. The molecule has 1 aliphatic heterocycles. The minimum Gasteiger partial charge on any atom is -0.385 e. The minimum absolute atomic E-state index is 0.252. The molecule has 0 saturated carbocycles. The molecule has 0 fully saturated rings. The fourth-order valence-corrected chi connectivity index (χ4v) is 3.67. The van der Waals surface area contributed by atoms with Gasteiger partial charge in [-0.2, -0.15) is 0 Å². The lowest BCUT2D eigenvalue weighted by Gasteiger charge is -2.25. The highest BCUT2D eigenvalue weighted by Gasteiger charge is 2.40. The molecule has 158 valence electrons. The number of hydrogen-bond acceptors (Lipinski definition) is 5. The summed E-state index contributed by atoms with van der Waals surface area (Å²) >= 11 is 6.03. The van der Waals surface area contributed by atoms with Crippen LogP contribution in [0.25, 0.3) is 5.57 Å². The summed E-state index contributed by atoms with van der Waals surface area (Å²) in [4.78, 5) is 33.9. The van der Waals surface area contributed by atoms with Gasteiger partial charge >= 0.3 is 0 Å². The van der Waals surface area contributed by atoms with Crippen molar-refractivity contribution >= 4 is 29.0 Å². The van der Waals surface area contributed by atoms with E-state index in [0.29, 0.717) is 54.5 Å². The van der Waals surface area contributed by atoms with Gasteiger partial charge in [0.25, 0.3) is 11.8 Å². The van der Waals surface area contributed by atoms with Gasteiger partial charge in [0.1, 0.15) is 5.70 Å². The van der Waals surface area contributed by atoms with E-state index < -0.39 is 0 Å². The van der Waals surface area contributed by atoms with E-state index in [2.05, 4.69) is 4.98 Å². The van der Waals surface area contributed by atoms with Crippen LogP contribution in [0.3, 0.4) is 0 Å². The molecular formula is C23H26ClN3O3. The number of imide groups is 1. The van der Waals surface area contributed by atoms with Gasteiger partial charge in [0.15, 0.2) is 0 Å². The number of nitrogens with zero attached hydrogens (tertiary/aromatic N) is 3. The quantitative estimate of drug-likeness (QED) is 0.429. The molecule has 1 aromatic carbocycles. The largest absolute Gasteiger partial charge is 0.385 e. The first kappa shape index (κ1) is 22.0. The standard InChI is InChI=1S/C23H26ClN3O3/c1-3-26(15-11-17-9-12-25-13-10-17)21-20(18-5-7-19(24)8-6-18)22(28)27(23(21)29)14-4-16-30-2/h5-10,12-13H,3-4,11,14-16H2,1-2H3. The van der Waals surface area contributed by atoms with Gasteiger partial charge < -0.3 is 9.64 Å². The molecule has 0 unspecified atom stereocenters. The molecule has 2 heterocycles. The van der Waals surface area contributed by atoms with Gasteiger partial charge in [0, 0.05) is 50.8 Å². The number of hydrogen-bond donors (Lipinski definition) is 0. The van der Waals surface area contributed by atoms with Crippen LogP contribution in [-0.2, 0) is 20.7 Å². The summed E-state index contributed by atoms with van der Waals surface area (Å²) < 4.78 is 5.09. The van der Waals surface area contributed by atoms with Crippen molar-refractivity contribution in [3.63, 3.8) is 0 Å². The number of rotatable bonds is 10. The van der Waals surface area contributed by atoms with Crippen molar-refractivity contribution in [2.75, 3.05) is 33.4 Å². The van der Waals surface area contributed by atoms with E-state index in [0.717, 1.165) is 12.0 Å². The van der Waals surface area contributed by atoms with E-state index in [4.69, 9.17) is 16.3 Å². The zero-order valence-electron chi connectivity index (χ0n) is 17.3. The van der Waals surface area contributed by atoms with Crippen LogP contribution >= 0.6 is 11.6 Å². The zero-order chi connectivity index (χ0) is 21.5. The molecule has 0 saturated heterocycles. The lowest BCUT2D eigenvalue weighted by molar-refractivity contribution is -0.137. The Balaban J connectivity index is 1.93.